The summed E-state index contributed by atoms with van der Waals surface area (Å²) in [6.07, 6.45) is 15.7. The lowest BCUT2D eigenvalue weighted by molar-refractivity contribution is 0.329. The van der Waals surface area contributed by atoms with Crippen molar-refractivity contribution in [2.75, 3.05) is 20.6 Å². The third kappa shape index (κ3) is 4.20. The normalized spacial score (nSPS) is 16.5. The quantitative estimate of drug-likeness (QED) is 0.594. The molecule has 5 heteroatoms. The van der Waals surface area contributed by atoms with Crippen LogP contribution in [0, 0.1) is 0 Å². The van der Waals surface area contributed by atoms with Crippen LogP contribution < -0.4 is 0 Å². The molecule has 0 bridgehead atoms. The van der Waals surface area contributed by atoms with Gasteiger partial charge in [-0.1, -0.05) is 49.6 Å². The SMILES string of the molecule is CN(C)CC[C@H](c1ccccc1)n1cncc1-c1cnn(C2CCCCC2)c1. The van der Waals surface area contributed by atoms with Crippen LogP contribution in [-0.2, 0) is 0 Å². The van der Waals surface area contributed by atoms with Crippen molar-refractivity contribution in [3.63, 3.8) is 0 Å². The fraction of sp³-hybridized carbons (Fsp3) is 0.478. The molecule has 5 nitrogen and oxygen atoms in total. The highest BCUT2D eigenvalue weighted by molar-refractivity contribution is 5.57. The first-order chi connectivity index (χ1) is 13.7. The minimum Gasteiger partial charge on any atom is -0.323 e. The van der Waals surface area contributed by atoms with Crippen LogP contribution in [0.3, 0.4) is 0 Å². The van der Waals surface area contributed by atoms with E-state index in [4.69, 9.17) is 5.10 Å². The fourth-order valence-electron chi connectivity index (χ4n) is 4.31. The molecule has 0 radical (unpaired) electrons. The van der Waals surface area contributed by atoms with Crippen LogP contribution >= 0.6 is 0 Å². The maximum Gasteiger partial charge on any atom is 0.0956 e. The summed E-state index contributed by atoms with van der Waals surface area (Å²) < 4.78 is 4.50. The maximum atomic E-state index is 4.71. The zero-order chi connectivity index (χ0) is 19.3. The molecule has 0 unspecified atom stereocenters. The predicted molar refractivity (Wildman–Crippen MR) is 113 cm³/mol. The Morgan fingerprint density at radius 1 is 1.07 bits per heavy atom. The molecule has 0 amide bonds. The first-order valence-corrected chi connectivity index (χ1v) is 10.5. The van der Waals surface area contributed by atoms with Gasteiger partial charge >= 0.3 is 0 Å². The Bertz CT molecular complexity index is 858. The average Bonchev–Trinajstić information content (AvgIpc) is 3.39. The van der Waals surface area contributed by atoms with Crippen molar-refractivity contribution in [3.05, 3.63) is 60.8 Å². The average molecular weight is 378 g/mol. The van der Waals surface area contributed by atoms with Gasteiger partial charge in [-0.25, -0.2) is 4.98 Å². The van der Waals surface area contributed by atoms with Crippen molar-refractivity contribution < 1.29 is 0 Å². The lowest BCUT2D eigenvalue weighted by atomic mass is 9.96. The number of imidazole rings is 1. The molecule has 28 heavy (non-hydrogen) atoms. The van der Waals surface area contributed by atoms with Crippen molar-refractivity contribution in [1.29, 1.82) is 0 Å². The molecule has 1 saturated carbocycles. The number of hydrogen-bond donors (Lipinski definition) is 0. The van der Waals surface area contributed by atoms with E-state index in [-0.39, 0.29) is 6.04 Å². The number of nitrogens with zero attached hydrogens (tertiary/aromatic N) is 5. The van der Waals surface area contributed by atoms with E-state index in [0.717, 1.165) is 24.2 Å². The summed E-state index contributed by atoms with van der Waals surface area (Å²) >= 11 is 0. The minimum atomic E-state index is 0.263. The van der Waals surface area contributed by atoms with Gasteiger partial charge in [-0.15, -0.1) is 0 Å². The minimum absolute atomic E-state index is 0.263. The van der Waals surface area contributed by atoms with Gasteiger partial charge in [0.1, 0.15) is 0 Å². The second kappa shape index (κ2) is 8.74. The topological polar surface area (TPSA) is 38.9 Å². The van der Waals surface area contributed by atoms with E-state index in [1.165, 1.54) is 37.7 Å². The summed E-state index contributed by atoms with van der Waals surface area (Å²) in [7, 11) is 4.26. The Kier molecular flexibility index (Phi) is 5.91. The number of benzene rings is 1. The molecule has 1 atom stereocenters. The Morgan fingerprint density at radius 3 is 2.61 bits per heavy atom. The first-order valence-electron chi connectivity index (χ1n) is 10.5. The zero-order valence-electron chi connectivity index (χ0n) is 17.0. The Hall–Kier alpha value is -2.40. The summed E-state index contributed by atoms with van der Waals surface area (Å²) in [5.74, 6) is 0. The van der Waals surface area contributed by atoms with Gasteiger partial charge in [0.15, 0.2) is 0 Å². The van der Waals surface area contributed by atoms with Crippen LogP contribution in [0.5, 0.6) is 0 Å². The molecular formula is C23H31N5. The van der Waals surface area contributed by atoms with Crippen molar-refractivity contribution >= 4 is 0 Å². The second-order valence-electron chi connectivity index (χ2n) is 8.21. The molecule has 1 aliphatic carbocycles. The lowest BCUT2D eigenvalue weighted by Crippen LogP contribution is -2.20. The molecule has 0 N–H and O–H groups in total. The van der Waals surface area contributed by atoms with Crippen molar-refractivity contribution in [2.24, 2.45) is 0 Å². The predicted octanol–water partition coefficient (Wildman–Crippen LogP) is 4.79. The van der Waals surface area contributed by atoms with Crippen LogP contribution in [-0.4, -0.2) is 44.9 Å². The molecule has 0 aliphatic heterocycles. The third-order valence-corrected chi connectivity index (χ3v) is 5.88. The lowest BCUT2D eigenvalue weighted by Gasteiger charge is -2.23. The van der Waals surface area contributed by atoms with Crippen LogP contribution in [0.15, 0.2) is 55.2 Å². The monoisotopic (exact) mass is 377 g/mol. The second-order valence-corrected chi connectivity index (χ2v) is 8.21. The van der Waals surface area contributed by atoms with Gasteiger partial charge in [0.05, 0.1) is 36.5 Å². The van der Waals surface area contributed by atoms with Gasteiger partial charge in [0.25, 0.3) is 0 Å². The molecule has 1 aliphatic rings. The summed E-state index contributed by atoms with van der Waals surface area (Å²) in [6, 6.07) is 11.6. The van der Waals surface area contributed by atoms with Crippen LogP contribution in [0.25, 0.3) is 11.3 Å². The maximum absolute atomic E-state index is 4.71. The molecule has 1 fully saturated rings. The number of hydrogen-bond acceptors (Lipinski definition) is 3. The highest BCUT2D eigenvalue weighted by Gasteiger charge is 2.20. The Labute approximate surface area is 168 Å². The van der Waals surface area contributed by atoms with Gasteiger partial charge < -0.3 is 9.47 Å². The van der Waals surface area contributed by atoms with E-state index in [1.54, 1.807) is 0 Å². The summed E-state index contributed by atoms with van der Waals surface area (Å²) in [6.45, 7) is 1.03. The smallest absolute Gasteiger partial charge is 0.0956 e. The highest BCUT2D eigenvalue weighted by atomic mass is 15.3. The van der Waals surface area contributed by atoms with E-state index in [0.29, 0.717) is 6.04 Å². The van der Waals surface area contributed by atoms with E-state index in [9.17, 15) is 0 Å². The van der Waals surface area contributed by atoms with E-state index < -0.39 is 0 Å². The highest BCUT2D eigenvalue weighted by Crippen LogP contribution is 2.31. The molecule has 0 spiro atoms. The third-order valence-electron chi connectivity index (χ3n) is 5.88. The van der Waals surface area contributed by atoms with Crippen LogP contribution in [0.1, 0.15) is 56.2 Å². The summed E-state index contributed by atoms with van der Waals surface area (Å²) in [5, 5.41) is 4.71. The Morgan fingerprint density at radius 2 is 1.86 bits per heavy atom. The fourth-order valence-corrected chi connectivity index (χ4v) is 4.31. The van der Waals surface area contributed by atoms with E-state index in [1.807, 2.05) is 18.7 Å². The van der Waals surface area contributed by atoms with Gasteiger partial charge in [0.2, 0.25) is 0 Å². The van der Waals surface area contributed by atoms with Crippen molar-refractivity contribution in [2.45, 2.75) is 50.6 Å². The largest absolute Gasteiger partial charge is 0.323 e. The molecule has 0 saturated heterocycles. The van der Waals surface area contributed by atoms with E-state index in [2.05, 4.69) is 69.8 Å². The molecular weight excluding hydrogens is 346 g/mol. The molecule has 4 rings (SSSR count). The van der Waals surface area contributed by atoms with Crippen molar-refractivity contribution in [3.8, 4) is 11.3 Å². The molecule has 2 heterocycles. The van der Waals surface area contributed by atoms with Crippen LogP contribution in [0.2, 0.25) is 0 Å². The first kappa shape index (κ1) is 18.9. The molecule has 2 aromatic heterocycles. The molecule has 148 valence electrons. The van der Waals surface area contributed by atoms with Gasteiger partial charge in [-0.2, -0.15) is 5.10 Å². The summed E-state index contributed by atoms with van der Waals surface area (Å²) in [4.78, 5) is 6.75. The number of rotatable bonds is 7. The van der Waals surface area contributed by atoms with Gasteiger partial charge in [-0.05, 0) is 45.5 Å². The van der Waals surface area contributed by atoms with E-state index >= 15 is 0 Å². The summed E-state index contributed by atoms with van der Waals surface area (Å²) in [5.41, 5.74) is 3.63. The standard InChI is InChI=1S/C23H31N5/c1-26(2)14-13-22(19-9-5-3-6-10-19)27-18-24-16-23(27)20-15-25-28(17-20)21-11-7-4-8-12-21/h3,5-6,9-10,15-18,21-22H,4,7-8,11-14H2,1-2H3/t22-/m1/s1. The van der Waals surface area contributed by atoms with Gasteiger partial charge in [0, 0.05) is 11.8 Å². The Balaban J connectivity index is 1.63. The molecule has 1 aromatic carbocycles. The van der Waals surface area contributed by atoms with Gasteiger partial charge in [-0.3, -0.25) is 4.68 Å². The van der Waals surface area contributed by atoms with Crippen molar-refractivity contribution in [1.82, 2.24) is 24.2 Å². The number of aromatic nitrogens is 4. The zero-order valence-corrected chi connectivity index (χ0v) is 17.0. The van der Waals surface area contributed by atoms with Crippen LogP contribution in [0.4, 0.5) is 0 Å². The molecule has 3 aromatic rings.